The predicted octanol–water partition coefficient (Wildman–Crippen LogP) is 4.50. The topological polar surface area (TPSA) is 12.0 Å². The summed E-state index contributed by atoms with van der Waals surface area (Å²) in [6.45, 7) is 2.73. The summed E-state index contributed by atoms with van der Waals surface area (Å²) < 4.78 is 14.6. The second kappa shape index (κ2) is 5.76. The zero-order chi connectivity index (χ0) is 12.3. The maximum Gasteiger partial charge on any atom is 0.127 e. The van der Waals surface area contributed by atoms with Gasteiger partial charge in [0.05, 0.1) is 3.79 Å². The first-order chi connectivity index (χ1) is 8.16. The van der Waals surface area contributed by atoms with Crippen molar-refractivity contribution in [1.82, 2.24) is 5.32 Å². The maximum atomic E-state index is 13.5. The lowest BCUT2D eigenvalue weighted by Crippen LogP contribution is -2.18. The van der Waals surface area contributed by atoms with Gasteiger partial charge in [-0.15, -0.1) is 11.3 Å². The fourth-order valence-corrected chi connectivity index (χ4v) is 3.07. The SMILES string of the molecule is C[C@@H](NCc1ccc(Br)s1)c1ccccc1F. The largest absolute Gasteiger partial charge is 0.305 e. The molecule has 1 atom stereocenters. The van der Waals surface area contributed by atoms with Gasteiger partial charge in [-0.3, -0.25) is 0 Å². The van der Waals surface area contributed by atoms with Crippen molar-refractivity contribution in [3.63, 3.8) is 0 Å². The van der Waals surface area contributed by atoms with E-state index in [9.17, 15) is 4.39 Å². The summed E-state index contributed by atoms with van der Waals surface area (Å²) in [4.78, 5) is 1.24. The molecule has 0 amide bonds. The summed E-state index contributed by atoms with van der Waals surface area (Å²) in [5.74, 6) is -0.153. The normalized spacial score (nSPS) is 12.6. The van der Waals surface area contributed by atoms with Gasteiger partial charge in [0, 0.05) is 23.0 Å². The molecule has 1 aromatic carbocycles. The Morgan fingerprint density at radius 1 is 1.29 bits per heavy atom. The van der Waals surface area contributed by atoms with Crippen molar-refractivity contribution in [2.24, 2.45) is 0 Å². The maximum absolute atomic E-state index is 13.5. The number of halogens is 2. The minimum Gasteiger partial charge on any atom is -0.305 e. The molecule has 1 heterocycles. The van der Waals surface area contributed by atoms with Crippen molar-refractivity contribution < 1.29 is 4.39 Å². The van der Waals surface area contributed by atoms with Gasteiger partial charge in [-0.2, -0.15) is 0 Å². The molecular formula is C13H13BrFNS. The Hall–Kier alpha value is -0.710. The molecule has 0 aliphatic carbocycles. The van der Waals surface area contributed by atoms with Crippen LogP contribution in [-0.4, -0.2) is 0 Å². The van der Waals surface area contributed by atoms with Crippen LogP contribution in [0.15, 0.2) is 40.2 Å². The zero-order valence-electron chi connectivity index (χ0n) is 9.41. The molecule has 0 aliphatic heterocycles. The minimum absolute atomic E-state index is 0.0112. The molecule has 17 heavy (non-hydrogen) atoms. The van der Waals surface area contributed by atoms with Crippen LogP contribution in [0.25, 0.3) is 0 Å². The fourth-order valence-electron chi connectivity index (χ4n) is 1.64. The van der Waals surface area contributed by atoms with Gasteiger partial charge in [0.1, 0.15) is 5.82 Å². The monoisotopic (exact) mass is 313 g/mol. The molecule has 0 saturated carbocycles. The van der Waals surface area contributed by atoms with Gasteiger partial charge in [-0.25, -0.2) is 4.39 Å². The van der Waals surface area contributed by atoms with Crippen LogP contribution in [0, 0.1) is 5.82 Å². The lowest BCUT2D eigenvalue weighted by molar-refractivity contribution is 0.530. The molecule has 1 nitrogen and oxygen atoms in total. The second-order valence-corrected chi connectivity index (χ2v) is 6.38. The average molecular weight is 314 g/mol. The Balaban J connectivity index is 1.98. The first-order valence-corrected chi connectivity index (χ1v) is 7.00. The smallest absolute Gasteiger partial charge is 0.127 e. The van der Waals surface area contributed by atoms with Crippen molar-refractivity contribution in [2.45, 2.75) is 19.5 Å². The molecule has 0 saturated heterocycles. The van der Waals surface area contributed by atoms with E-state index in [0.29, 0.717) is 5.56 Å². The molecule has 4 heteroatoms. The van der Waals surface area contributed by atoms with Crippen molar-refractivity contribution >= 4 is 27.3 Å². The van der Waals surface area contributed by atoms with Gasteiger partial charge >= 0.3 is 0 Å². The summed E-state index contributed by atoms with van der Waals surface area (Å²) in [6.07, 6.45) is 0. The van der Waals surface area contributed by atoms with Gasteiger partial charge in [0.25, 0.3) is 0 Å². The summed E-state index contributed by atoms with van der Waals surface area (Å²) in [6, 6.07) is 11.0. The van der Waals surface area contributed by atoms with Gasteiger partial charge < -0.3 is 5.32 Å². The quantitative estimate of drug-likeness (QED) is 0.876. The zero-order valence-corrected chi connectivity index (χ0v) is 11.8. The van der Waals surface area contributed by atoms with Crippen molar-refractivity contribution in [2.75, 3.05) is 0 Å². The molecule has 0 spiro atoms. The summed E-state index contributed by atoms with van der Waals surface area (Å²) in [5.41, 5.74) is 0.711. The third-order valence-corrected chi connectivity index (χ3v) is 4.21. The average Bonchev–Trinajstić information content (AvgIpc) is 2.73. The summed E-state index contributed by atoms with van der Waals surface area (Å²) in [5, 5.41) is 3.32. The number of hydrogen-bond donors (Lipinski definition) is 1. The molecule has 0 bridgehead atoms. The molecule has 0 fully saturated rings. The molecule has 2 rings (SSSR count). The highest BCUT2D eigenvalue weighted by atomic mass is 79.9. The van der Waals surface area contributed by atoms with Crippen molar-refractivity contribution in [3.8, 4) is 0 Å². The first kappa shape index (κ1) is 12.7. The lowest BCUT2D eigenvalue weighted by atomic mass is 10.1. The van der Waals surface area contributed by atoms with E-state index in [4.69, 9.17) is 0 Å². The highest BCUT2D eigenvalue weighted by molar-refractivity contribution is 9.11. The first-order valence-electron chi connectivity index (χ1n) is 5.39. The van der Waals surface area contributed by atoms with Gasteiger partial charge in [0.2, 0.25) is 0 Å². The van der Waals surface area contributed by atoms with Crippen LogP contribution in [0.1, 0.15) is 23.4 Å². The Morgan fingerprint density at radius 2 is 2.06 bits per heavy atom. The molecule has 0 radical (unpaired) electrons. The Labute approximate surface area is 113 Å². The second-order valence-electron chi connectivity index (χ2n) is 3.83. The molecule has 0 unspecified atom stereocenters. The molecule has 0 aliphatic rings. The summed E-state index contributed by atoms with van der Waals surface area (Å²) >= 11 is 5.12. The third kappa shape index (κ3) is 3.37. The van der Waals surface area contributed by atoms with E-state index in [1.54, 1.807) is 17.4 Å². The van der Waals surface area contributed by atoms with E-state index in [-0.39, 0.29) is 11.9 Å². The highest BCUT2D eigenvalue weighted by Crippen LogP contribution is 2.23. The number of benzene rings is 1. The van der Waals surface area contributed by atoms with Gasteiger partial charge in [-0.05, 0) is 41.1 Å². The Bertz CT molecular complexity index is 498. The Morgan fingerprint density at radius 3 is 2.71 bits per heavy atom. The molecule has 90 valence electrons. The van der Waals surface area contributed by atoms with E-state index in [2.05, 4.69) is 27.3 Å². The number of rotatable bonds is 4. The van der Waals surface area contributed by atoms with Gasteiger partial charge in [-0.1, -0.05) is 18.2 Å². The third-order valence-electron chi connectivity index (χ3n) is 2.58. The van der Waals surface area contributed by atoms with Gasteiger partial charge in [0.15, 0.2) is 0 Å². The van der Waals surface area contributed by atoms with E-state index < -0.39 is 0 Å². The molecule has 1 N–H and O–H groups in total. The minimum atomic E-state index is -0.153. The number of thiophene rings is 1. The van der Waals surface area contributed by atoms with Crippen LogP contribution in [0.5, 0.6) is 0 Å². The highest BCUT2D eigenvalue weighted by Gasteiger charge is 2.09. The van der Waals surface area contributed by atoms with Crippen molar-refractivity contribution in [3.05, 3.63) is 56.4 Å². The van der Waals surface area contributed by atoms with Crippen molar-refractivity contribution in [1.29, 1.82) is 0 Å². The van der Waals surface area contributed by atoms with Crippen LogP contribution in [0.3, 0.4) is 0 Å². The van der Waals surface area contributed by atoms with Crippen LogP contribution in [-0.2, 0) is 6.54 Å². The predicted molar refractivity (Wildman–Crippen MR) is 73.7 cm³/mol. The molecular weight excluding hydrogens is 301 g/mol. The standard InChI is InChI=1S/C13H13BrFNS/c1-9(11-4-2-3-5-12(11)15)16-8-10-6-7-13(14)17-10/h2-7,9,16H,8H2,1H3/t9-/m1/s1. The fraction of sp³-hybridized carbons (Fsp3) is 0.231. The van der Waals surface area contributed by atoms with E-state index >= 15 is 0 Å². The van der Waals surface area contributed by atoms with E-state index in [1.165, 1.54) is 10.9 Å². The lowest BCUT2D eigenvalue weighted by Gasteiger charge is -2.14. The Kier molecular flexibility index (Phi) is 4.31. The van der Waals surface area contributed by atoms with Crippen LogP contribution < -0.4 is 5.32 Å². The van der Waals surface area contributed by atoms with E-state index in [1.807, 2.05) is 25.1 Å². The molecule has 2 aromatic rings. The van der Waals surface area contributed by atoms with Crippen LogP contribution in [0.2, 0.25) is 0 Å². The number of hydrogen-bond acceptors (Lipinski definition) is 2. The van der Waals surface area contributed by atoms with Crippen LogP contribution >= 0.6 is 27.3 Å². The number of nitrogens with one attached hydrogen (secondary N) is 1. The van der Waals surface area contributed by atoms with Crippen LogP contribution in [0.4, 0.5) is 4.39 Å². The molecule has 1 aromatic heterocycles. The van der Waals surface area contributed by atoms with E-state index in [0.717, 1.165) is 10.3 Å². The summed E-state index contributed by atoms with van der Waals surface area (Å²) in [7, 11) is 0.